The molecular weight excluding hydrogens is 334 g/mol. The van der Waals surface area contributed by atoms with Crippen LogP contribution in [-0.2, 0) is 5.54 Å². The minimum absolute atomic E-state index is 0.132. The van der Waals surface area contributed by atoms with Crippen molar-refractivity contribution in [2.45, 2.75) is 31.2 Å². The number of anilines is 1. The SMILES string of the molecule is COc1ccc(NC(=S)NC2(c3ccncc3)CCCC2)c(OC)c1. The molecule has 1 saturated carbocycles. The summed E-state index contributed by atoms with van der Waals surface area (Å²) in [4.78, 5) is 4.13. The van der Waals surface area contributed by atoms with Crippen molar-refractivity contribution in [1.82, 2.24) is 10.3 Å². The molecule has 0 saturated heterocycles. The van der Waals surface area contributed by atoms with Crippen molar-refractivity contribution in [3.63, 3.8) is 0 Å². The van der Waals surface area contributed by atoms with Crippen LogP contribution < -0.4 is 20.1 Å². The number of nitrogens with one attached hydrogen (secondary N) is 2. The van der Waals surface area contributed by atoms with Gasteiger partial charge in [0.2, 0.25) is 0 Å². The van der Waals surface area contributed by atoms with E-state index in [0.29, 0.717) is 10.9 Å². The van der Waals surface area contributed by atoms with Crippen LogP contribution in [0.3, 0.4) is 0 Å². The Morgan fingerprint density at radius 2 is 1.80 bits per heavy atom. The molecule has 1 aromatic carbocycles. The van der Waals surface area contributed by atoms with Crippen molar-refractivity contribution in [2.75, 3.05) is 19.5 Å². The second-order valence-corrected chi connectivity index (χ2v) is 6.58. The molecule has 1 aromatic heterocycles. The summed E-state index contributed by atoms with van der Waals surface area (Å²) in [5.74, 6) is 1.43. The van der Waals surface area contributed by atoms with Crippen molar-refractivity contribution in [3.8, 4) is 11.5 Å². The van der Waals surface area contributed by atoms with Gasteiger partial charge >= 0.3 is 0 Å². The van der Waals surface area contributed by atoms with Gasteiger partial charge in [0, 0.05) is 18.5 Å². The highest BCUT2D eigenvalue weighted by Gasteiger charge is 2.36. The molecule has 0 atom stereocenters. The van der Waals surface area contributed by atoms with Crippen LogP contribution in [0.15, 0.2) is 42.7 Å². The Morgan fingerprint density at radius 1 is 1.08 bits per heavy atom. The minimum atomic E-state index is -0.132. The van der Waals surface area contributed by atoms with Crippen LogP contribution in [0.1, 0.15) is 31.2 Å². The van der Waals surface area contributed by atoms with Crippen molar-refractivity contribution >= 4 is 23.0 Å². The summed E-state index contributed by atoms with van der Waals surface area (Å²) in [6.45, 7) is 0. The predicted octanol–water partition coefficient (Wildman–Crippen LogP) is 3.85. The fourth-order valence-electron chi connectivity index (χ4n) is 3.41. The molecule has 0 aliphatic heterocycles. The molecule has 0 spiro atoms. The van der Waals surface area contributed by atoms with E-state index in [0.717, 1.165) is 24.3 Å². The van der Waals surface area contributed by atoms with E-state index in [1.165, 1.54) is 18.4 Å². The fraction of sp³-hybridized carbons (Fsp3) is 0.368. The van der Waals surface area contributed by atoms with Gasteiger partial charge in [-0.05, 0) is 54.9 Å². The number of benzene rings is 1. The molecular formula is C19H23N3O2S. The lowest BCUT2D eigenvalue weighted by Crippen LogP contribution is -2.45. The molecule has 0 amide bonds. The zero-order chi connectivity index (χ0) is 17.7. The number of methoxy groups -OCH3 is 2. The van der Waals surface area contributed by atoms with E-state index in [-0.39, 0.29) is 5.54 Å². The van der Waals surface area contributed by atoms with Crippen LogP contribution >= 0.6 is 12.2 Å². The van der Waals surface area contributed by atoms with E-state index >= 15 is 0 Å². The van der Waals surface area contributed by atoms with Crippen LogP contribution in [0, 0.1) is 0 Å². The molecule has 1 aliphatic rings. The largest absolute Gasteiger partial charge is 0.497 e. The molecule has 1 aliphatic carbocycles. The standard InChI is InChI=1S/C19H23N3O2S/c1-23-15-5-6-16(17(13-15)24-2)21-18(25)22-19(9-3-4-10-19)14-7-11-20-12-8-14/h5-8,11-13H,3-4,9-10H2,1-2H3,(H2,21,22,25). The molecule has 132 valence electrons. The van der Waals surface area contributed by atoms with Gasteiger partial charge in [-0.2, -0.15) is 0 Å². The fourth-order valence-corrected chi connectivity index (χ4v) is 3.71. The number of pyridine rings is 1. The highest BCUT2D eigenvalue weighted by molar-refractivity contribution is 7.80. The summed E-state index contributed by atoms with van der Waals surface area (Å²) < 4.78 is 10.7. The lowest BCUT2D eigenvalue weighted by Gasteiger charge is -2.32. The van der Waals surface area contributed by atoms with Gasteiger partial charge in [0.25, 0.3) is 0 Å². The van der Waals surface area contributed by atoms with E-state index in [1.54, 1.807) is 14.2 Å². The summed E-state index contributed by atoms with van der Waals surface area (Å²) in [6, 6.07) is 9.74. The molecule has 5 nitrogen and oxygen atoms in total. The van der Waals surface area contributed by atoms with Gasteiger partial charge in [0.1, 0.15) is 11.5 Å². The molecule has 2 N–H and O–H groups in total. The maximum Gasteiger partial charge on any atom is 0.171 e. The average molecular weight is 357 g/mol. The lowest BCUT2D eigenvalue weighted by molar-refractivity contribution is 0.395. The zero-order valence-corrected chi connectivity index (χ0v) is 15.4. The van der Waals surface area contributed by atoms with Gasteiger partial charge in [0.05, 0.1) is 25.4 Å². The number of aromatic nitrogens is 1. The summed E-state index contributed by atoms with van der Waals surface area (Å²) in [5, 5.41) is 7.39. The molecule has 0 radical (unpaired) electrons. The van der Waals surface area contributed by atoms with E-state index in [9.17, 15) is 0 Å². The topological polar surface area (TPSA) is 55.4 Å². The molecule has 3 rings (SSSR count). The first kappa shape index (κ1) is 17.5. The third-order valence-corrected chi connectivity index (χ3v) is 4.90. The Balaban J connectivity index is 1.77. The predicted molar refractivity (Wildman–Crippen MR) is 103 cm³/mol. The molecule has 0 unspecified atom stereocenters. The van der Waals surface area contributed by atoms with Gasteiger partial charge < -0.3 is 20.1 Å². The average Bonchev–Trinajstić information content (AvgIpc) is 3.12. The lowest BCUT2D eigenvalue weighted by atomic mass is 9.89. The molecule has 1 fully saturated rings. The van der Waals surface area contributed by atoms with E-state index < -0.39 is 0 Å². The van der Waals surface area contributed by atoms with Gasteiger partial charge in [0.15, 0.2) is 5.11 Å². The Kier molecular flexibility index (Phi) is 5.38. The van der Waals surface area contributed by atoms with E-state index in [4.69, 9.17) is 21.7 Å². The Labute approximate surface area is 153 Å². The Hall–Kier alpha value is -2.34. The number of hydrogen-bond donors (Lipinski definition) is 2. The van der Waals surface area contributed by atoms with Crippen LogP contribution in [0.2, 0.25) is 0 Å². The first-order chi connectivity index (χ1) is 12.2. The third-order valence-electron chi connectivity index (χ3n) is 4.70. The summed E-state index contributed by atoms with van der Waals surface area (Å²) in [5.41, 5.74) is 1.90. The highest BCUT2D eigenvalue weighted by atomic mass is 32.1. The first-order valence-electron chi connectivity index (χ1n) is 8.38. The van der Waals surface area contributed by atoms with Gasteiger partial charge in [-0.15, -0.1) is 0 Å². The summed E-state index contributed by atoms with van der Waals surface area (Å²) in [6.07, 6.45) is 8.14. The summed E-state index contributed by atoms with van der Waals surface area (Å²) >= 11 is 5.59. The molecule has 25 heavy (non-hydrogen) atoms. The van der Waals surface area contributed by atoms with E-state index in [2.05, 4.69) is 27.8 Å². The number of hydrogen-bond acceptors (Lipinski definition) is 4. The molecule has 1 heterocycles. The van der Waals surface area contributed by atoms with E-state index in [1.807, 2.05) is 30.6 Å². The maximum atomic E-state index is 5.59. The third kappa shape index (κ3) is 3.85. The smallest absolute Gasteiger partial charge is 0.171 e. The number of nitrogens with zero attached hydrogens (tertiary/aromatic N) is 1. The van der Waals surface area contributed by atoms with Crippen molar-refractivity contribution in [3.05, 3.63) is 48.3 Å². The van der Waals surface area contributed by atoms with Crippen LogP contribution in [0.25, 0.3) is 0 Å². The van der Waals surface area contributed by atoms with Gasteiger partial charge in [-0.25, -0.2) is 0 Å². The second kappa shape index (κ2) is 7.70. The van der Waals surface area contributed by atoms with Crippen molar-refractivity contribution < 1.29 is 9.47 Å². The van der Waals surface area contributed by atoms with Gasteiger partial charge in [-0.1, -0.05) is 12.8 Å². The van der Waals surface area contributed by atoms with Gasteiger partial charge in [-0.3, -0.25) is 4.98 Å². The van der Waals surface area contributed by atoms with Crippen LogP contribution in [-0.4, -0.2) is 24.3 Å². The number of rotatable bonds is 5. The van der Waals surface area contributed by atoms with Crippen molar-refractivity contribution in [1.29, 1.82) is 0 Å². The zero-order valence-electron chi connectivity index (χ0n) is 14.5. The molecule has 0 bridgehead atoms. The highest BCUT2D eigenvalue weighted by Crippen LogP contribution is 2.38. The first-order valence-corrected chi connectivity index (χ1v) is 8.79. The maximum absolute atomic E-state index is 5.59. The minimum Gasteiger partial charge on any atom is -0.497 e. The quantitative estimate of drug-likeness (QED) is 0.793. The Morgan fingerprint density at radius 3 is 2.44 bits per heavy atom. The second-order valence-electron chi connectivity index (χ2n) is 6.17. The van der Waals surface area contributed by atoms with Crippen LogP contribution in [0.4, 0.5) is 5.69 Å². The monoisotopic (exact) mass is 357 g/mol. The molecule has 6 heteroatoms. The number of thiocarbonyl (C=S) groups is 1. The normalized spacial score (nSPS) is 15.4. The number of ether oxygens (including phenoxy) is 2. The summed E-state index contributed by atoms with van der Waals surface area (Å²) in [7, 11) is 3.26. The molecule has 2 aromatic rings. The van der Waals surface area contributed by atoms with Crippen LogP contribution in [0.5, 0.6) is 11.5 Å². The van der Waals surface area contributed by atoms with Crippen molar-refractivity contribution in [2.24, 2.45) is 0 Å². The Bertz CT molecular complexity index is 731.